The molecule has 0 unspecified atom stereocenters. The van der Waals surface area contributed by atoms with Gasteiger partial charge < -0.3 is 14.5 Å². The van der Waals surface area contributed by atoms with E-state index in [-0.39, 0.29) is 5.91 Å². The van der Waals surface area contributed by atoms with Crippen molar-refractivity contribution in [2.75, 3.05) is 7.11 Å². The summed E-state index contributed by atoms with van der Waals surface area (Å²) in [7, 11) is 1.61. The molecule has 100 valence electrons. The largest absolute Gasteiger partial charge is 0.497 e. The van der Waals surface area contributed by atoms with E-state index in [0.29, 0.717) is 17.3 Å². The molecule has 1 amide bonds. The number of furan rings is 1. The summed E-state index contributed by atoms with van der Waals surface area (Å²) in [6.07, 6.45) is 3.25. The van der Waals surface area contributed by atoms with Crippen molar-refractivity contribution in [1.82, 2.24) is 5.32 Å². The number of carbonyl (C=O) groups excluding carboxylic acids is 1. The normalized spacial score (nSPS) is 16.1. The van der Waals surface area contributed by atoms with Gasteiger partial charge in [-0.05, 0) is 35.9 Å². The Morgan fingerprint density at radius 3 is 2.70 bits per heavy atom. The Morgan fingerprint density at radius 1 is 1.25 bits per heavy atom. The molecule has 5 heteroatoms. The summed E-state index contributed by atoms with van der Waals surface area (Å²) in [5.74, 6) is 1.49. The standard InChI is InChI=1S/C15H12N2O3/c1-19-11-6-4-10(5-7-11)9-12-15(18)17-14(16-12)13-3-2-8-20-13/h2-9H,1H3,(H,16,17,18). The molecule has 0 aliphatic carbocycles. The predicted octanol–water partition coefficient (Wildman–Crippen LogP) is 2.21. The first kappa shape index (κ1) is 12.2. The minimum absolute atomic E-state index is 0.243. The van der Waals surface area contributed by atoms with Crippen molar-refractivity contribution < 1.29 is 13.9 Å². The highest BCUT2D eigenvalue weighted by atomic mass is 16.5. The van der Waals surface area contributed by atoms with Gasteiger partial charge in [-0.15, -0.1) is 0 Å². The Bertz CT molecular complexity index is 682. The molecule has 2 heterocycles. The van der Waals surface area contributed by atoms with Gasteiger partial charge in [-0.25, -0.2) is 4.99 Å². The van der Waals surface area contributed by atoms with Crippen molar-refractivity contribution in [2.45, 2.75) is 0 Å². The van der Waals surface area contributed by atoms with E-state index in [1.807, 2.05) is 24.3 Å². The highest BCUT2D eigenvalue weighted by Gasteiger charge is 2.22. The second-order valence-corrected chi connectivity index (χ2v) is 4.19. The summed E-state index contributed by atoms with van der Waals surface area (Å²) in [5, 5.41) is 2.67. The Labute approximate surface area is 115 Å². The van der Waals surface area contributed by atoms with Gasteiger partial charge >= 0.3 is 0 Å². The number of amidine groups is 1. The summed E-state index contributed by atoms with van der Waals surface area (Å²) in [4.78, 5) is 16.1. The number of nitrogens with zero attached hydrogens (tertiary/aromatic N) is 1. The van der Waals surface area contributed by atoms with Gasteiger partial charge in [-0.2, -0.15) is 0 Å². The molecule has 0 saturated carbocycles. The first-order chi connectivity index (χ1) is 9.76. The maximum atomic E-state index is 11.8. The molecule has 1 aliphatic heterocycles. The monoisotopic (exact) mass is 268 g/mol. The molecule has 0 radical (unpaired) electrons. The van der Waals surface area contributed by atoms with E-state index >= 15 is 0 Å². The topological polar surface area (TPSA) is 63.8 Å². The zero-order valence-corrected chi connectivity index (χ0v) is 10.8. The lowest BCUT2D eigenvalue weighted by Gasteiger charge is -1.99. The first-order valence-corrected chi connectivity index (χ1v) is 6.06. The van der Waals surface area contributed by atoms with Crippen LogP contribution in [0.1, 0.15) is 11.3 Å². The Balaban J connectivity index is 1.88. The quantitative estimate of drug-likeness (QED) is 0.868. The molecule has 2 aromatic rings. The van der Waals surface area contributed by atoms with Crippen LogP contribution in [0.25, 0.3) is 6.08 Å². The number of benzene rings is 1. The molecular formula is C15H12N2O3. The van der Waals surface area contributed by atoms with E-state index in [1.165, 1.54) is 6.26 Å². The van der Waals surface area contributed by atoms with Crippen LogP contribution in [0.2, 0.25) is 0 Å². The number of hydrogen-bond acceptors (Lipinski definition) is 4. The zero-order valence-electron chi connectivity index (χ0n) is 10.8. The lowest BCUT2D eigenvalue weighted by Crippen LogP contribution is -2.24. The molecule has 0 bridgehead atoms. The van der Waals surface area contributed by atoms with E-state index in [0.717, 1.165) is 11.3 Å². The van der Waals surface area contributed by atoms with Crippen LogP contribution in [0.4, 0.5) is 0 Å². The maximum Gasteiger partial charge on any atom is 0.275 e. The molecule has 0 atom stereocenters. The van der Waals surface area contributed by atoms with Gasteiger partial charge in [0, 0.05) is 0 Å². The van der Waals surface area contributed by atoms with Crippen LogP contribution in [0.3, 0.4) is 0 Å². The molecule has 3 rings (SSSR count). The van der Waals surface area contributed by atoms with Crippen LogP contribution in [0.5, 0.6) is 5.75 Å². The molecule has 1 N–H and O–H groups in total. The van der Waals surface area contributed by atoms with Crippen LogP contribution >= 0.6 is 0 Å². The smallest absolute Gasteiger partial charge is 0.275 e. The summed E-state index contributed by atoms with van der Waals surface area (Å²) in [6, 6.07) is 10.9. The van der Waals surface area contributed by atoms with E-state index in [1.54, 1.807) is 25.3 Å². The van der Waals surface area contributed by atoms with Gasteiger partial charge in [-0.1, -0.05) is 12.1 Å². The second kappa shape index (κ2) is 5.05. The number of ether oxygens (including phenoxy) is 1. The lowest BCUT2D eigenvalue weighted by atomic mass is 10.2. The summed E-state index contributed by atoms with van der Waals surface area (Å²) in [5.41, 5.74) is 1.22. The second-order valence-electron chi connectivity index (χ2n) is 4.19. The van der Waals surface area contributed by atoms with Gasteiger partial charge in [-0.3, -0.25) is 4.79 Å². The molecule has 20 heavy (non-hydrogen) atoms. The van der Waals surface area contributed by atoms with Gasteiger partial charge in [0.1, 0.15) is 11.4 Å². The number of nitrogens with one attached hydrogen (secondary N) is 1. The SMILES string of the molecule is COc1ccc(C=C2N=C(c3ccco3)NC2=O)cc1. The number of amides is 1. The first-order valence-electron chi connectivity index (χ1n) is 6.06. The number of carbonyl (C=O) groups is 1. The molecule has 1 aromatic heterocycles. The Kier molecular flexibility index (Phi) is 3.09. The van der Waals surface area contributed by atoms with Crippen molar-refractivity contribution in [1.29, 1.82) is 0 Å². The van der Waals surface area contributed by atoms with Gasteiger partial charge in [0.2, 0.25) is 0 Å². The van der Waals surface area contributed by atoms with Crippen LogP contribution in [-0.2, 0) is 4.79 Å². The maximum absolute atomic E-state index is 11.8. The Hall–Kier alpha value is -2.82. The van der Waals surface area contributed by atoms with Crippen molar-refractivity contribution >= 4 is 17.8 Å². The highest BCUT2D eigenvalue weighted by molar-refractivity contribution is 6.18. The molecule has 5 nitrogen and oxygen atoms in total. The predicted molar refractivity (Wildman–Crippen MR) is 74.4 cm³/mol. The average molecular weight is 268 g/mol. The van der Waals surface area contributed by atoms with Gasteiger partial charge in [0.05, 0.1) is 13.4 Å². The Morgan fingerprint density at radius 2 is 2.05 bits per heavy atom. The third-order valence-electron chi connectivity index (χ3n) is 2.87. The fourth-order valence-corrected chi connectivity index (χ4v) is 1.86. The third-order valence-corrected chi connectivity index (χ3v) is 2.87. The zero-order chi connectivity index (χ0) is 13.9. The van der Waals surface area contributed by atoms with E-state index in [2.05, 4.69) is 10.3 Å². The average Bonchev–Trinajstić information content (AvgIpc) is 3.10. The number of rotatable bonds is 3. The fourth-order valence-electron chi connectivity index (χ4n) is 1.86. The number of aliphatic imine (C=N–C) groups is 1. The van der Waals surface area contributed by atoms with Crippen LogP contribution in [-0.4, -0.2) is 18.9 Å². The van der Waals surface area contributed by atoms with Gasteiger partial charge in [0.25, 0.3) is 5.91 Å². The lowest BCUT2D eigenvalue weighted by molar-refractivity contribution is -0.115. The van der Waals surface area contributed by atoms with E-state index in [4.69, 9.17) is 9.15 Å². The molecule has 0 spiro atoms. The van der Waals surface area contributed by atoms with Crippen molar-refractivity contribution in [2.24, 2.45) is 4.99 Å². The minimum Gasteiger partial charge on any atom is -0.497 e. The molecular weight excluding hydrogens is 256 g/mol. The molecule has 1 aromatic carbocycles. The molecule has 0 fully saturated rings. The van der Waals surface area contributed by atoms with Crippen LogP contribution in [0, 0.1) is 0 Å². The number of hydrogen-bond donors (Lipinski definition) is 1. The van der Waals surface area contributed by atoms with Crippen molar-refractivity contribution in [3.8, 4) is 5.75 Å². The summed E-state index contributed by atoms with van der Waals surface area (Å²) >= 11 is 0. The third kappa shape index (κ3) is 2.33. The van der Waals surface area contributed by atoms with Crippen molar-refractivity contribution in [3.05, 3.63) is 59.7 Å². The molecule has 1 aliphatic rings. The molecule has 0 saturated heterocycles. The van der Waals surface area contributed by atoms with Gasteiger partial charge in [0.15, 0.2) is 11.6 Å². The van der Waals surface area contributed by atoms with E-state index < -0.39 is 0 Å². The highest BCUT2D eigenvalue weighted by Crippen LogP contribution is 2.17. The minimum atomic E-state index is -0.243. The summed E-state index contributed by atoms with van der Waals surface area (Å²) < 4.78 is 10.3. The van der Waals surface area contributed by atoms with Crippen LogP contribution < -0.4 is 10.1 Å². The van der Waals surface area contributed by atoms with Crippen LogP contribution in [0.15, 0.2) is 57.8 Å². The fraction of sp³-hybridized carbons (Fsp3) is 0.0667. The van der Waals surface area contributed by atoms with E-state index in [9.17, 15) is 4.79 Å². The van der Waals surface area contributed by atoms with Crippen molar-refractivity contribution in [3.63, 3.8) is 0 Å². The summed E-state index contributed by atoms with van der Waals surface area (Å²) in [6.45, 7) is 0. The number of methoxy groups -OCH3 is 1.